The summed E-state index contributed by atoms with van der Waals surface area (Å²) in [7, 11) is 3.17. The first kappa shape index (κ1) is 17.2. The molecule has 0 aliphatic rings. The van der Waals surface area contributed by atoms with Crippen LogP contribution in [0.2, 0.25) is 0 Å². The summed E-state index contributed by atoms with van der Waals surface area (Å²) >= 11 is 0. The number of hydrogen-bond donors (Lipinski definition) is 1. The fraction of sp³-hybridized carbons (Fsp3) is 0.500. The van der Waals surface area contributed by atoms with Crippen molar-refractivity contribution in [3.05, 3.63) is 29.8 Å². The summed E-state index contributed by atoms with van der Waals surface area (Å²) in [4.78, 5) is 25.1. The summed E-state index contributed by atoms with van der Waals surface area (Å²) in [6.45, 7) is 4.57. The minimum absolute atomic E-state index is 0.0946. The van der Waals surface area contributed by atoms with E-state index in [1.54, 1.807) is 11.8 Å². The maximum atomic E-state index is 12.0. The molecule has 1 rings (SSSR count). The molecule has 0 heterocycles. The number of carbonyl (C=O) groups excluding carboxylic acids is 2. The van der Waals surface area contributed by atoms with Gasteiger partial charge in [-0.05, 0) is 31.2 Å². The minimum atomic E-state index is -0.266. The van der Waals surface area contributed by atoms with E-state index in [0.717, 1.165) is 12.1 Å². The van der Waals surface area contributed by atoms with E-state index in [4.69, 9.17) is 0 Å². The highest BCUT2D eigenvalue weighted by Crippen LogP contribution is 2.11. The monoisotopic (exact) mass is 292 g/mol. The molecule has 1 amide bonds. The molecule has 0 spiro atoms. The Labute approximate surface area is 126 Å². The van der Waals surface area contributed by atoms with E-state index in [1.165, 1.54) is 12.7 Å². The molecular weight excluding hydrogens is 268 g/mol. The normalized spacial score (nSPS) is 12.0. The molecule has 0 aliphatic carbocycles. The van der Waals surface area contributed by atoms with E-state index in [9.17, 15) is 9.59 Å². The van der Waals surface area contributed by atoms with Gasteiger partial charge < -0.3 is 10.1 Å². The standard InChI is InChI=1S/C16H24N2O3/c1-5-13-7-6-8-14(9-13)17-15(19)11-18(3)10-12(2)16(20)21-4/h6-9,12H,5,10-11H2,1-4H3,(H,17,19). The van der Waals surface area contributed by atoms with Crippen molar-refractivity contribution in [2.45, 2.75) is 20.3 Å². The highest BCUT2D eigenvalue weighted by molar-refractivity contribution is 5.92. The number of ether oxygens (including phenoxy) is 1. The summed E-state index contributed by atoms with van der Waals surface area (Å²) in [5.74, 6) is -0.614. The molecule has 0 saturated heterocycles. The zero-order valence-corrected chi connectivity index (χ0v) is 13.2. The average Bonchev–Trinajstić information content (AvgIpc) is 2.45. The Hall–Kier alpha value is -1.88. The molecule has 21 heavy (non-hydrogen) atoms. The van der Waals surface area contributed by atoms with Gasteiger partial charge in [0.25, 0.3) is 0 Å². The highest BCUT2D eigenvalue weighted by atomic mass is 16.5. The first-order valence-electron chi connectivity index (χ1n) is 7.11. The van der Waals surface area contributed by atoms with Gasteiger partial charge in [0.2, 0.25) is 5.91 Å². The Morgan fingerprint density at radius 1 is 1.38 bits per heavy atom. The van der Waals surface area contributed by atoms with Crippen molar-refractivity contribution in [2.75, 3.05) is 32.6 Å². The van der Waals surface area contributed by atoms with Gasteiger partial charge in [0.05, 0.1) is 19.6 Å². The fourth-order valence-electron chi connectivity index (χ4n) is 2.12. The zero-order valence-electron chi connectivity index (χ0n) is 13.2. The van der Waals surface area contributed by atoms with Crippen molar-refractivity contribution in [3.63, 3.8) is 0 Å². The second-order valence-corrected chi connectivity index (χ2v) is 5.22. The van der Waals surface area contributed by atoms with Crippen LogP contribution in [0.4, 0.5) is 5.69 Å². The van der Waals surface area contributed by atoms with Gasteiger partial charge in [-0.15, -0.1) is 0 Å². The van der Waals surface area contributed by atoms with Crippen LogP contribution in [0.1, 0.15) is 19.4 Å². The van der Waals surface area contributed by atoms with E-state index in [1.807, 2.05) is 31.3 Å². The van der Waals surface area contributed by atoms with Gasteiger partial charge in [-0.25, -0.2) is 0 Å². The van der Waals surface area contributed by atoms with E-state index in [-0.39, 0.29) is 24.3 Å². The van der Waals surface area contributed by atoms with Crippen LogP contribution >= 0.6 is 0 Å². The summed E-state index contributed by atoms with van der Waals surface area (Å²) in [5.41, 5.74) is 1.98. The van der Waals surface area contributed by atoms with Gasteiger partial charge in [-0.1, -0.05) is 26.0 Å². The molecule has 1 N–H and O–H groups in total. The number of nitrogens with zero attached hydrogens (tertiary/aromatic N) is 1. The molecule has 1 unspecified atom stereocenters. The van der Waals surface area contributed by atoms with Crippen molar-refractivity contribution >= 4 is 17.6 Å². The van der Waals surface area contributed by atoms with Crippen LogP contribution in [0.5, 0.6) is 0 Å². The van der Waals surface area contributed by atoms with E-state index in [2.05, 4.69) is 17.0 Å². The SMILES string of the molecule is CCc1cccc(NC(=O)CN(C)CC(C)C(=O)OC)c1. The molecule has 0 aliphatic heterocycles. The number of benzene rings is 1. The lowest BCUT2D eigenvalue weighted by Gasteiger charge is -2.19. The van der Waals surface area contributed by atoms with Gasteiger partial charge >= 0.3 is 5.97 Å². The van der Waals surface area contributed by atoms with Crippen LogP contribution in [0.3, 0.4) is 0 Å². The van der Waals surface area contributed by atoms with Crippen molar-refractivity contribution in [2.24, 2.45) is 5.92 Å². The average molecular weight is 292 g/mol. The first-order valence-corrected chi connectivity index (χ1v) is 7.11. The quantitative estimate of drug-likeness (QED) is 0.780. The smallest absolute Gasteiger partial charge is 0.309 e. The second kappa shape index (κ2) is 8.42. The number of rotatable bonds is 7. The third kappa shape index (κ3) is 5.95. The number of hydrogen-bond acceptors (Lipinski definition) is 4. The number of aryl methyl sites for hydroxylation is 1. The van der Waals surface area contributed by atoms with Crippen molar-refractivity contribution in [1.29, 1.82) is 0 Å². The molecule has 5 heteroatoms. The van der Waals surface area contributed by atoms with Crippen LogP contribution < -0.4 is 5.32 Å². The predicted octanol–water partition coefficient (Wildman–Crippen LogP) is 1.93. The number of likely N-dealkylation sites (N-methyl/N-ethyl adjacent to an activating group) is 1. The van der Waals surface area contributed by atoms with Crippen LogP contribution in [0, 0.1) is 5.92 Å². The molecule has 0 fully saturated rings. The van der Waals surface area contributed by atoms with E-state index < -0.39 is 0 Å². The third-order valence-electron chi connectivity index (χ3n) is 3.22. The zero-order chi connectivity index (χ0) is 15.8. The van der Waals surface area contributed by atoms with Crippen LogP contribution in [0.25, 0.3) is 0 Å². The van der Waals surface area contributed by atoms with Crippen LogP contribution in [-0.2, 0) is 20.7 Å². The molecule has 0 bridgehead atoms. The molecule has 5 nitrogen and oxygen atoms in total. The van der Waals surface area contributed by atoms with Crippen LogP contribution in [0.15, 0.2) is 24.3 Å². The number of methoxy groups -OCH3 is 1. The first-order chi connectivity index (χ1) is 9.96. The predicted molar refractivity (Wildman–Crippen MR) is 83.1 cm³/mol. The second-order valence-electron chi connectivity index (χ2n) is 5.22. The molecule has 1 aromatic rings. The minimum Gasteiger partial charge on any atom is -0.469 e. The maximum Gasteiger partial charge on any atom is 0.309 e. The van der Waals surface area contributed by atoms with Gasteiger partial charge in [0.1, 0.15) is 0 Å². The van der Waals surface area contributed by atoms with Crippen molar-refractivity contribution < 1.29 is 14.3 Å². The summed E-state index contributed by atoms with van der Waals surface area (Å²) in [6, 6.07) is 7.79. The molecule has 116 valence electrons. The summed E-state index contributed by atoms with van der Waals surface area (Å²) < 4.78 is 4.67. The number of anilines is 1. The largest absolute Gasteiger partial charge is 0.469 e. The van der Waals surface area contributed by atoms with Gasteiger partial charge in [-0.3, -0.25) is 14.5 Å². The molecule has 0 aromatic heterocycles. The van der Waals surface area contributed by atoms with Gasteiger partial charge in [0, 0.05) is 12.2 Å². The highest BCUT2D eigenvalue weighted by Gasteiger charge is 2.17. The topological polar surface area (TPSA) is 58.6 Å². The fourth-order valence-corrected chi connectivity index (χ4v) is 2.12. The van der Waals surface area contributed by atoms with E-state index >= 15 is 0 Å². The Bertz CT molecular complexity index is 488. The molecule has 0 saturated carbocycles. The lowest BCUT2D eigenvalue weighted by Crippen LogP contribution is -2.35. The lowest BCUT2D eigenvalue weighted by atomic mass is 10.1. The maximum absolute atomic E-state index is 12.0. The molecular formula is C16H24N2O3. The Morgan fingerprint density at radius 2 is 2.10 bits per heavy atom. The van der Waals surface area contributed by atoms with Gasteiger partial charge in [0.15, 0.2) is 0 Å². The Morgan fingerprint density at radius 3 is 2.71 bits per heavy atom. The summed E-state index contributed by atoms with van der Waals surface area (Å²) in [5, 5.41) is 2.87. The van der Waals surface area contributed by atoms with Crippen LogP contribution in [-0.4, -0.2) is 44.0 Å². The number of nitrogens with one attached hydrogen (secondary N) is 1. The molecule has 1 aromatic carbocycles. The van der Waals surface area contributed by atoms with Gasteiger partial charge in [-0.2, -0.15) is 0 Å². The number of esters is 1. The summed E-state index contributed by atoms with van der Waals surface area (Å²) in [6.07, 6.45) is 0.931. The van der Waals surface area contributed by atoms with Crippen molar-refractivity contribution in [3.8, 4) is 0 Å². The van der Waals surface area contributed by atoms with E-state index in [0.29, 0.717) is 6.54 Å². The number of amides is 1. The molecule has 1 atom stereocenters. The lowest BCUT2D eigenvalue weighted by molar-refractivity contribution is -0.145. The Kier molecular flexibility index (Phi) is 6.88. The number of carbonyl (C=O) groups is 2. The third-order valence-corrected chi connectivity index (χ3v) is 3.22. The van der Waals surface area contributed by atoms with Crippen molar-refractivity contribution in [1.82, 2.24) is 4.90 Å². The Balaban J connectivity index is 2.47. The molecule has 0 radical (unpaired) electrons.